The molecule has 8 heteroatoms. The van der Waals surface area contributed by atoms with Crippen LogP contribution in [0.5, 0.6) is 5.75 Å². The van der Waals surface area contributed by atoms with Crippen LogP contribution in [-0.2, 0) is 0 Å². The van der Waals surface area contributed by atoms with Crippen LogP contribution >= 0.6 is 11.3 Å². The number of nitrogens with two attached hydrogens (primary N) is 1. The van der Waals surface area contributed by atoms with Gasteiger partial charge in [0.2, 0.25) is 5.95 Å². The monoisotopic (exact) mass is 369 g/mol. The third-order valence-corrected chi connectivity index (χ3v) is 4.79. The quantitative estimate of drug-likeness (QED) is 0.673. The summed E-state index contributed by atoms with van der Waals surface area (Å²) in [6, 6.07) is 9.33. The molecule has 0 aliphatic carbocycles. The van der Waals surface area contributed by atoms with Gasteiger partial charge < -0.3 is 15.8 Å². The highest BCUT2D eigenvalue weighted by Crippen LogP contribution is 2.29. The topological polar surface area (TPSA) is 102 Å². The van der Waals surface area contributed by atoms with E-state index >= 15 is 0 Å². The van der Waals surface area contributed by atoms with Crippen molar-refractivity contribution in [3.8, 4) is 5.75 Å². The number of hydrogen-bond donors (Lipinski definition) is 2. The molecule has 0 aliphatic heterocycles. The molecule has 2 heterocycles. The number of amides is 1. The van der Waals surface area contributed by atoms with E-state index in [0.717, 1.165) is 16.7 Å². The summed E-state index contributed by atoms with van der Waals surface area (Å²) in [6.07, 6.45) is 0. The van der Waals surface area contributed by atoms with Crippen LogP contribution in [0.1, 0.15) is 27.9 Å². The van der Waals surface area contributed by atoms with E-state index in [4.69, 9.17) is 10.5 Å². The van der Waals surface area contributed by atoms with E-state index in [1.165, 1.54) is 11.3 Å². The maximum absolute atomic E-state index is 12.2. The fraction of sp³-hybridized carbons (Fsp3) is 0.222. The molecule has 0 spiro atoms. The zero-order chi connectivity index (χ0) is 18.7. The molecule has 0 aliphatic rings. The summed E-state index contributed by atoms with van der Waals surface area (Å²) in [6.45, 7) is 2.43. The van der Waals surface area contributed by atoms with Crippen LogP contribution in [0.4, 0.5) is 5.95 Å². The molecule has 0 bridgehead atoms. The molecule has 0 radical (unpaired) electrons. The Morgan fingerprint density at radius 1 is 1.35 bits per heavy atom. The van der Waals surface area contributed by atoms with Crippen LogP contribution in [0, 0.1) is 0 Å². The lowest BCUT2D eigenvalue weighted by Gasteiger charge is -2.09. The number of nitrogens with zero attached hydrogens (tertiary/aromatic N) is 3. The molecule has 3 rings (SSSR count). The minimum atomic E-state index is -0.142. The first-order valence-electron chi connectivity index (χ1n) is 8.04. The molecular formula is C18H19N5O2S. The Morgan fingerprint density at radius 3 is 2.85 bits per heavy atom. The van der Waals surface area contributed by atoms with Crippen molar-refractivity contribution in [1.82, 2.24) is 15.3 Å². The summed E-state index contributed by atoms with van der Waals surface area (Å²) in [7, 11) is 3.30. The normalized spacial score (nSPS) is 11.6. The molecule has 0 fully saturated rings. The number of aromatic nitrogens is 2. The van der Waals surface area contributed by atoms with E-state index in [9.17, 15) is 4.79 Å². The Bertz CT molecular complexity index is 996. The lowest BCUT2D eigenvalue weighted by Crippen LogP contribution is -2.21. The number of carbonyl (C=O) groups excluding carboxylic acids is 1. The maximum atomic E-state index is 12.2. The number of benzene rings is 1. The zero-order valence-corrected chi connectivity index (χ0v) is 15.6. The van der Waals surface area contributed by atoms with Gasteiger partial charge in [-0.15, -0.1) is 11.3 Å². The Kier molecular flexibility index (Phi) is 5.13. The van der Waals surface area contributed by atoms with E-state index < -0.39 is 0 Å². The van der Waals surface area contributed by atoms with E-state index in [0.29, 0.717) is 27.7 Å². The lowest BCUT2D eigenvalue weighted by molar-refractivity contribution is 0.0960. The highest BCUT2D eigenvalue weighted by atomic mass is 32.1. The molecule has 0 unspecified atom stereocenters. The minimum absolute atomic E-state index is 0.140. The number of carbonyl (C=O) groups is 1. The number of fused-ring (bicyclic) bond motifs is 1. The summed E-state index contributed by atoms with van der Waals surface area (Å²) < 4.78 is 5.30. The standard InChI is InChI=1S/C18H19N5O2S/c1-4-21-16(24)13-9-12-15(22-18(19)23-17(12)26-13)14(20-2)10-6-5-7-11(8-10)25-3/h5-9H,4H2,1-3H3,(H,21,24)(H2,19,22,23). The molecular weight excluding hydrogens is 350 g/mol. The molecule has 1 aromatic carbocycles. The van der Waals surface area contributed by atoms with Crippen LogP contribution in [-0.4, -0.2) is 42.3 Å². The van der Waals surface area contributed by atoms with Gasteiger partial charge in [-0.25, -0.2) is 9.97 Å². The van der Waals surface area contributed by atoms with Crippen LogP contribution in [0.3, 0.4) is 0 Å². The van der Waals surface area contributed by atoms with Gasteiger partial charge in [0, 0.05) is 24.5 Å². The summed E-state index contributed by atoms with van der Waals surface area (Å²) in [5, 5.41) is 3.54. The molecule has 26 heavy (non-hydrogen) atoms. The predicted octanol–water partition coefficient (Wildman–Crippen LogP) is 2.50. The molecule has 7 nitrogen and oxygen atoms in total. The predicted molar refractivity (Wildman–Crippen MR) is 104 cm³/mol. The van der Waals surface area contributed by atoms with Gasteiger partial charge >= 0.3 is 0 Å². The first kappa shape index (κ1) is 17.8. The van der Waals surface area contributed by atoms with Crippen molar-refractivity contribution in [2.75, 3.05) is 26.4 Å². The minimum Gasteiger partial charge on any atom is -0.497 e. The maximum Gasteiger partial charge on any atom is 0.261 e. The van der Waals surface area contributed by atoms with Crippen molar-refractivity contribution in [2.45, 2.75) is 6.92 Å². The number of thiophene rings is 1. The first-order chi connectivity index (χ1) is 12.6. The summed E-state index contributed by atoms with van der Waals surface area (Å²) in [5.41, 5.74) is 7.99. The Morgan fingerprint density at radius 2 is 2.15 bits per heavy atom. The first-order valence-corrected chi connectivity index (χ1v) is 8.85. The second kappa shape index (κ2) is 7.49. The molecule has 1 amide bonds. The number of hydrogen-bond acceptors (Lipinski definition) is 7. The number of aliphatic imine (C=N–C) groups is 1. The van der Waals surface area contributed by atoms with Gasteiger partial charge in [-0.2, -0.15) is 0 Å². The van der Waals surface area contributed by atoms with Gasteiger partial charge in [0.05, 0.1) is 17.7 Å². The summed E-state index contributed by atoms with van der Waals surface area (Å²) in [5.74, 6) is 0.715. The van der Waals surface area contributed by atoms with Crippen molar-refractivity contribution in [1.29, 1.82) is 0 Å². The fourth-order valence-corrected chi connectivity index (χ4v) is 3.57. The highest BCUT2D eigenvalue weighted by Gasteiger charge is 2.19. The van der Waals surface area contributed by atoms with Crippen molar-refractivity contribution >= 4 is 39.1 Å². The number of nitrogens with one attached hydrogen (secondary N) is 1. The van der Waals surface area contributed by atoms with Crippen LogP contribution in [0.2, 0.25) is 0 Å². The van der Waals surface area contributed by atoms with Gasteiger partial charge in [-0.05, 0) is 25.1 Å². The van der Waals surface area contributed by atoms with Crippen molar-refractivity contribution in [2.24, 2.45) is 4.99 Å². The van der Waals surface area contributed by atoms with E-state index in [-0.39, 0.29) is 11.9 Å². The Hall–Kier alpha value is -3.00. The number of methoxy groups -OCH3 is 1. The molecule has 3 N–H and O–H groups in total. The molecule has 134 valence electrons. The van der Waals surface area contributed by atoms with Crippen LogP contribution < -0.4 is 15.8 Å². The number of anilines is 1. The smallest absolute Gasteiger partial charge is 0.261 e. The highest BCUT2D eigenvalue weighted by molar-refractivity contribution is 7.20. The van der Waals surface area contributed by atoms with Crippen molar-refractivity contribution in [3.05, 3.63) is 46.5 Å². The van der Waals surface area contributed by atoms with E-state index in [2.05, 4.69) is 20.3 Å². The van der Waals surface area contributed by atoms with Crippen LogP contribution in [0.25, 0.3) is 10.2 Å². The average Bonchev–Trinajstić information content (AvgIpc) is 3.07. The molecule has 0 saturated heterocycles. The molecule has 0 saturated carbocycles. The van der Waals surface area contributed by atoms with Gasteiger partial charge in [0.25, 0.3) is 5.91 Å². The summed E-state index contributed by atoms with van der Waals surface area (Å²) >= 11 is 1.28. The molecule has 0 atom stereocenters. The molecule has 3 aromatic rings. The third-order valence-electron chi connectivity index (χ3n) is 3.76. The van der Waals surface area contributed by atoms with E-state index in [1.807, 2.05) is 31.2 Å². The second-order valence-corrected chi connectivity index (χ2v) is 6.45. The van der Waals surface area contributed by atoms with Gasteiger partial charge in [0.1, 0.15) is 16.3 Å². The zero-order valence-electron chi connectivity index (χ0n) is 14.7. The Balaban J connectivity index is 2.17. The number of rotatable bonds is 5. The summed E-state index contributed by atoms with van der Waals surface area (Å²) in [4.78, 5) is 26.5. The molecule has 2 aromatic heterocycles. The SMILES string of the molecule is CCNC(=O)c1cc2c(C(=NC)c3cccc(OC)c3)nc(N)nc2s1. The average molecular weight is 369 g/mol. The van der Waals surface area contributed by atoms with Crippen molar-refractivity contribution < 1.29 is 9.53 Å². The van der Waals surface area contributed by atoms with E-state index in [1.54, 1.807) is 20.2 Å². The van der Waals surface area contributed by atoms with Crippen molar-refractivity contribution in [3.63, 3.8) is 0 Å². The van der Waals surface area contributed by atoms with Gasteiger partial charge in [-0.3, -0.25) is 9.79 Å². The lowest BCUT2D eigenvalue weighted by atomic mass is 10.0. The Labute approximate surface area is 154 Å². The number of nitrogen functional groups attached to an aromatic ring is 1. The number of ether oxygens (including phenoxy) is 1. The second-order valence-electron chi connectivity index (χ2n) is 5.42. The third kappa shape index (κ3) is 3.36. The largest absolute Gasteiger partial charge is 0.497 e. The fourth-order valence-electron chi connectivity index (χ4n) is 2.62. The van der Waals surface area contributed by atoms with Gasteiger partial charge in [0.15, 0.2) is 0 Å². The van der Waals surface area contributed by atoms with Crippen LogP contribution in [0.15, 0.2) is 35.3 Å². The van der Waals surface area contributed by atoms with Gasteiger partial charge in [-0.1, -0.05) is 12.1 Å².